The van der Waals surface area contributed by atoms with Crippen molar-refractivity contribution in [3.05, 3.63) is 0 Å². The fourth-order valence-corrected chi connectivity index (χ4v) is 1.83. The molecule has 0 saturated carbocycles. The molecule has 1 amide bonds. The Hall–Kier alpha value is -2.15. The molecule has 2 atom stereocenters. The molecule has 12 nitrogen and oxygen atoms in total. The van der Waals surface area contributed by atoms with Crippen molar-refractivity contribution >= 4 is 18.4 Å². The van der Waals surface area contributed by atoms with Gasteiger partial charge in [-0.2, -0.15) is 0 Å². The number of ether oxygens (including phenoxy) is 4. The first-order chi connectivity index (χ1) is 17.5. The maximum Gasteiger partial charge on any atom is 0.519 e. The molecule has 5 N–H and O–H groups in total. The van der Waals surface area contributed by atoms with E-state index in [4.69, 9.17) is 30.2 Å². The highest BCUT2D eigenvalue weighted by atomic mass is 16.8. The Kier molecular flexibility index (Phi) is 25.5. The summed E-state index contributed by atoms with van der Waals surface area (Å²) in [6.07, 6.45) is -2.61. The van der Waals surface area contributed by atoms with E-state index in [-0.39, 0.29) is 25.3 Å². The first kappa shape index (κ1) is 43.9. The Morgan fingerprint density at radius 1 is 0.718 bits per heavy atom. The van der Waals surface area contributed by atoms with Gasteiger partial charge in [0.15, 0.2) is 0 Å². The van der Waals surface area contributed by atoms with E-state index in [1.54, 1.807) is 76.2 Å². The number of hydrogen-bond acceptors (Lipinski definition) is 11. The summed E-state index contributed by atoms with van der Waals surface area (Å²) < 4.78 is 18.8. The summed E-state index contributed by atoms with van der Waals surface area (Å²) in [5.41, 5.74) is 3.16. The van der Waals surface area contributed by atoms with Gasteiger partial charge >= 0.3 is 18.4 Å². The molecule has 0 aliphatic rings. The second-order valence-electron chi connectivity index (χ2n) is 11.5. The number of aliphatic hydroxyl groups excluding tert-OH is 2. The van der Waals surface area contributed by atoms with Gasteiger partial charge < -0.3 is 45.1 Å². The molecule has 0 aromatic heterocycles. The van der Waals surface area contributed by atoms with Crippen molar-refractivity contribution in [3.63, 3.8) is 0 Å². The van der Waals surface area contributed by atoms with E-state index in [2.05, 4.69) is 35.7 Å². The third-order valence-corrected chi connectivity index (χ3v) is 3.61. The Morgan fingerprint density at radius 3 is 1.21 bits per heavy atom. The molecule has 0 spiro atoms. The van der Waals surface area contributed by atoms with Crippen LogP contribution in [-0.2, 0) is 18.9 Å². The number of carbonyl (C=O) groups excluding carboxylic acids is 3. The fraction of sp³-hybridized carbons (Fsp3) is 0.889. The highest BCUT2D eigenvalue weighted by Gasteiger charge is 2.24. The third kappa shape index (κ3) is 43.2. The molecule has 0 aromatic carbocycles. The lowest BCUT2D eigenvalue weighted by Crippen LogP contribution is -2.39. The van der Waals surface area contributed by atoms with Crippen LogP contribution in [0.2, 0.25) is 0 Å². The summed E-state index contributed by atoms with van der Waals surface area (Å²) in [7, 11) is 0. The van der Waals surface area contributed by atoms with Gasteiger partial charge in [0.05, 0.1) is 19.3 Å². The molecule has 0 fully saturated rings. The molecule has 0 aliphatic heterocycles. The molecule has 0 bridgehead atoms. The second kappa shape index (κ2) is 22.6. The molecule has 0 aliphatic carbocycles. The minimum Gasteiger partial charge on any atom is -0.444 e. The summed E-state index contributed by atoms with van der Waals surface area (Å²) in [6, 6.07) is -0.324. The van der Waals surface area contributed by atoms with Crippen LogP contribution in [0.3, 0.4) is 0 Å². The summed E-state index contributed by atoms with van der Waals surface area (Å²) >= 11 is 0. The highest BCUT2D eigenvalue weighted by Crippen LogP contribution is 2.11. The zero-order valence-electron chi connectivity index (χ0n) is 27.0. The highest BCUT2D eigenvalue weighted by molar-refractivity contribution is 5.77. The maximum atomic E-state index is 11.0. The van der Waals surface area contributed by atoms with Gasteiger partial charge in [0.2, 0.25) is 0 Å². The SMILES string of the molecule is CC(C)(C)OC(=O)OC(=O)OC(C)(C)C.CCN(CC)CC.C[C@@H](CO)NC(=O)OC(C)(C)C.C[C@H](N)CO. The van der Waals surface area contributed by atoms with E-state index in [0.717, 1.165) is 0 Å². The Bertz CT molecular complexity index is 602. The van der Waals surface area contributed by atoms with Crippen molar-refractivity contribution < 1.29 is 43.5 Å². The largest absolute Gasteiger partial charge is 0.519 e. The molecule has 12 heteroatoms. The van der Waals surface area contributed by atoms with Gasteiger partial charge in [-0.25, -0.2) is 14.4 Å². The van der Waals surface area contributed by atoms with Crippen LogP contribution < -0.4 is 11.1 Å². The lowest BCUT2D eigenvalue weighted by atomic mass is 10.2. The summed E-state index contributed by atoms with van der Waals surface area (Å²) in [5.74, 6) is 0. The van der Waals surface area contributed by atoms with Crippen molar-refractivity contribution in [2.24, 2.45) is 5.73 Å². The molecule has 0 heterocycles. The zero-order chi connectivity index (χ0) is 32.0. The van der Waals surface area contributed by atoms with Crippen LogP contribution in [-0.4, -0.2) is 95.3 Å². The van der Waals surface area contributed by atoms with Crippen molar-refractivity contribution in [1.82, 2.24) is 10.2 Å². The normalized spacial score (nSPS) is 12.6. The predicted molar refractivity (Wildman–Crippen MR) is 154 cm³/mol. The minimum absolute atomic E-state index is 0.0602. The number of nitrogens with zero attached hydrogens (tertiary/aromatic N) is 1. The molecule has 0 aromatic rings. The van der Waals surface area contributed by atoms with Gasteiger partial charge in [-0.15, -0.1) is 0 Å². The van der Waals surface area contributed by atoms with Gasteiger partial charge in [0, 0.05) is 6.04 Å². The fourth-order valence-electron chi connectivity index (χ4n) is 1.83. The number of aliphatic hydroxyl groups is 2. The average Bonchev–Trinajstić information content (AvgIpc) is 2.71. The summed E-state index contributed by atoms with van der Waals surface area (Å²) in [6.45, 7) is 29.0. The van der Waals surface area contributed by atoms with Crippen molar-refractivity contribution in [3.8, 4) is 0 Å². The van der Waals surface area contributed by atoms with E-state index in [1.807, 2.05) is 0 Å². The molecule has 236 valence electrons. The van der Waals surface area contributed by atoms with Gasteiger partial charge in [-0.1, -0.05) is 20.8 Å². The summed E-state index contributed by atoms with van der Waals surface area (Å²) in [4.78, 5) is 35.4. The number of alkyl carbamates (subject to hydrolysis) is 1. The standard InChI is InChI=1S/C10H18O5.C8H17NO3.C6H15N.C3H9NO/c1-9(2,3)14-7(11)13-8(12)15-10(4,5)6;1-6(5-10)9-7(11)12-8(2,3)4;1-4-7(5-2)6-3;1-3(4)2-5/h1-6H3;6,10H,5H2,1-4H3,(H,9,11);4-6H2,1-3H3;3,5H,2,4H2,1H3/t;6-;;3-/m.0.0/s1. The van der Waals surface area contributed by atoms with Crippen LogP contribution in [0.5, 0.6) is 0 Å². The second-order valence-corrected chi connectivity index (χ2v) is 11.5. The maximum absolute atomic E-state index is 11.0. The van der Waals surface area contributed by atoms with Crippen LogP contribution in [0.15, 0.2) is 0 Å². The van der Waals surface area contributed by atoms with Crippen molar-refractivity contribution in [2.75, 3.05) is 32.8 Å². The van der Waals surface area contributed by atoms with Gasteiger partial charge in [0.25, 0.3) is 0 Å². The molecule has 0 unspecified atom stereocenters. The number of rotatable bonds is 6. The number of nitrogens with one attached hydrogen (secondary N) is 1. The van der Waals surface area contributed by atoms with Crippen LogP contribution in [0.25, 0.3) is 0 Å². The number of hydrogen-bond donors (Lipinski definition) is 4. The first-order valence-electron chi connectivity index (χ1n) is 13.3. The Balaban J connectivity index is -0.000000227. The zero-order valence-corrected chi connectivity index (χ0v) is 27.0. The first-order valence-corrected chi connectivity index (χ1v) is 13.3. The molecule has 0 rings (SSSR count). The van der Waals surface area contributed by atoms with E-state index in [9.17, 15) is 14.4 Å². The quantitative estimate of drug-likeness (QED) is 0.202. The molecule has 0 saturated heterocycles. The monoisotopic (exact) mass is 569 g/mol. The summed E-state index contributed by atoms with van der Waals surface area (Å²) in [5, 5.41) is 19.1. The molecular formula is C27H59N3O9. The van der Waals surface area contributed by atoms with Gasteiger partial charge in [0.1, 0.15) is 16.8 Å². The van der Waals surface area contributed by atoms with E-state index in [0.29, 0.717) is 0 Å². The lowest BCUT2D eigenvalue weighted by molar-refractivity contribution is -0.0294. The predicted octanol–water partition coefficient (Wildman–Crippen LogP) is 4.44. The molecular weight excluding hydrogens is 510 g/mol. The van der Waals surface area contributed by atoms with Crippen LogP contribution in [0.4, 0.5) is 14.4 Å². The smallest absolute Gasteiger partial charge is 0.444 e. The van der Waals surface area contributed by atoms with Crippen LogP contribution in [0, 0.1) is 0 Å². The van der Waals surface area contributed by atoms with Gasteiger partial charge in [-0.05, 0) is 95.8 Å². The van der Waals surface area contributed by atoms with E-state index in [1.165, 1.54) is 19.6 Å². The van der Waals surface area contributed by atoms with Crippen LogP contribution >= 0.6 is 0 Å². The lowest BCUT2D eigenvalue weighted by Gasteiger charge is -2.21. The minimum atomic E-state index is -1.06. The number of nitrogens with two attached hydrogens (primary N) is 1. The average molecular weight is 570 g/mol. The van der Waals surface area contributed by atoms with Gasteiger partial charge in [-0.3, -0.25) is 0 Å². The number of amides is 1. The third-order valence-electron chi connectivity index (χ3n) is 3.61. The van der Waals surface area contributed by atoms with E-state index < -0.39 is 35.2 Å². The van der Waals surface area contributed by atoms with E-state index >= 15 is 0 Å². The topological polar surface area (TPSA) is 170 Å². The van der Waals surface area contributed by atoms with Crippen LogP contribution in [0.1, 0.15) is 96.9 Å². The van der Waals surface area contributed by atoms with Crippen molar-refractivity contribution in [1.29, 1.82) is 0 Å². The Labute approximate surface area is 236 Å². The van der Waals surface area contributed by atoms with Crippen molar-refractivity contribution in [2.45, 2.75) is 126 Å². The molecule has 39 heavy (non-hydrogen) atoms. The number of carbonyl (C=O) groups is 3. The molecule has 0 radical (unpaired) electrons. The Morgan fingerprint density at radius 2 is 1.03 bits per heavy atom.